The molecule has 0 radical (unpaired) electrons. The van der Waals surface area contributed by atoms with Crippen LogP contribution < -0.4 is 5.32 Å². The van der Waals surface area contributed by atoms with Gasteiger partial charge in [0, 0.05) is 18.4 Å². The molecule has 1 aromatic heterocycles. The van der Waals surface area contributed by atoms with Gasteiger partial charge >= 0.3 is 5.97 Å². The number of carboxylic acids is 1. The van der Waals surface area contributed by atoms with Crippen molar-refractivity contribution in [2.75, 3.05) is 11.9 Å². The smallest absolute Gasteiger partial charge is 0.354 e. The molecule has 1 aromatic carbocycles. The first-order chi connectivity index (χ1) is 9.66. The number of carbonyl (C=O) groups is 1. The molecule has 2 aromatic rings. The zero-order valence-corrected chi connectivity index (χ0v) is 11.4. The number of hydrogen-bond donors (Lipinski definition) is 2. The first-order valence-corrected chi connectivity index (χ1v) is 6.65. The van der Waals surface area contributed by atoms with Gasteiger partial charge in [0.2, 0.25) is 0 Å². The molecule has 0 saturated carbocycles. The fourth-order valence-corrected chi connectivity index (χ4v) is 2.04. The zero-order valence-electron chi connectivity index (χ0n) is 11.4. The molecular weight excluding hydrogens is 252 g/mol. The average molecular weight is 270 g/mol. The van der Waals surface area contributed by atoms with E-state index in [1.54, 1.807) is 12.1 Å². The van der Waals surface area contributed by atoms with Gasteiger partial charge in [0.05, 0.1) is 0 Å². The van der Waals surface area contributed by atoms with Crippen LogP contribution in [0.1, 0.15) is 35.3 Å². The van der Waals surface area contributed by atoms with Crippen molar-refractivity contribution in [2.45, 2.75) is 19.3 Å². The van der Waals surface area contributed by atoms with Crippen LogP contribution in [0.4, 0.5) is 5.69 Å². The minimum absolute atomic E-state index is 0.0612. The molecule has 0 spiro atoms. The van der Waals surface area contributed by atoms with E-state index in [1.807, 2.05) is 18.2 Å². The van der Waals surface area contributed by atoms with E-state index in [-0.39, 0.29) is 5.69 Å². The molecule has 20 heavy (non-hydrogen) atoms. The summed E-state index contributed by atoms with van der Waals surface area (Å²) in [6.07, 6.45) is 2.49. The van der Waals surface area contributed by atoms with Gasteiger partial charge in [-0.05, 0) is 30.0 Å². The quantitative estimate of drug-likeness (QED) is 0.844. The van der Waals surface area contributed by atoms with Gasteiger partial charge in [-0.2, -0.15) is 0 Å². The average Bonchev–Trinajstić information content (AvgIpc) is 2.48. The molecular formula is C16H18N2O2. The summed E-state index contributed by atoms with van der Waals surface area (Å²) in [6.45, 7) is 2.98. The molecule has 0 bridgehead atoms. The van der Waals surface area contributed by atoms with Crippen LogP contribution in [0.25, 0.3) is 0 Å². The summed E-state index contributed by atoms with van der Waals surface area (Å²) in [5.74, 6) is -0.546. The summed E-state index contributed by atoms with van der Waals surface area (Å²) in [5, 5.41) is 12.1. The number of rotatable bonds is 6. The molecule has 1 heterocycles. The van der Waals surface area contributed by atoms with Crippen molar-refractivity contribution in [1.29, 1.82) is 0 Å². The Morgan fingerprint density at radius 1 is 1.30 bits per heavy atom. The van der Waals surface area contributed by atoms with E-state index in [0.717, 1.165) is 18.7 Å². The maximum Gasteiger partial charge on any atom is 0.354 e. The van der Waals surface area contributed by atoms with Crippen molar-refractivity contribution >= 4 is 11.7 Å². The third kappa shape index (κ3) is 3.82. The number of hydrogen-bond acceptors (Lipinski definition) is 3. The summed E-state index contributed by atoms with van der Waals surface area (Å²) < 4.78 is 0. The summed E-state index contributed by atoms with van der Waals surface area (Å²) in [7, 11) is 0. The van der Waals surface area contributed by atoms with Crippen LogP contribution in [0.5, 0.6) is 0 Å². The second kappa shape index (κ2) is 6.70. The van der Waals surface area contributed by atoms with E-state index in [4.69, 9.17) is 5.11 Å². The van der Waals surface area contributed by atoms with Crippen molar-refractivity contribution in [1.82, 2.24) is 4.98 Å². The normalized spacial score (nSPS) is 11.8. The lowest BCUT2D eigenvalue weighted by Gasteiger charge is -2.13. The van der Waals surface area contributed by atoms with Crippen molar-refractivity contribution in [3.8, 4) is 0 Å². The highest BCUT2D eigenvalue weighted by molar-refractivity contribution is 5.86. The second-order valence-electron chi connectivity index (χ2n) is 4.76. The third-order valence-corrected chi connectivity index (χ3v) is 3.25. The van der Waals surface area contributed by atoms with E-state index in [0.29, 0.717) is 5.92 Å². The molecule has 0 saturated heterocycles. The van der Waals surface area contributed by atoms with E-state index in [9.17, 15) is 4.79 Å². The summed E-state index contributed by atoms with van der Waals surface area (Å²) in [4.78, 5) is 14.6. The highest BCUT2D eigenvalue weighted by Crippen LogP contribution is 2.18. The first-order valence-electron chi connectivity index (χ1n) is 6.65. The van der Waals surface area contributed by atoms with E-state index >= 15 is 0 Å². The largest absolute Gasteiger partial charge is 0.477 e. The maximum atomic E-state index is 10.8. The van der Waals surface area contributed by atoms with Crippen LogP contribution in [0.15, 0.2) is 48.7 Å². The lowest BCUT2D eigenvalue weighted by molar-refractivity contribution is 0.0690. The number of aromatic nitrogens is 1. The molecule has 1 unspecified atom stereocenters. The van der Waals surface area contributed by atoms with Gasteiger partial charge in [-0.3, -0.25) is 0 Å². The fourth-order valence-electron chi connectivity index (χ4n) is 2.04. The molecule has 0 aliphatic carbocycles. The van der Waals surface area contributed by atoms with Gasteiger partial charge in [0.25, 0.3) is 0 Å². The van der Waals surface area contributed by atoms with Crippen molar-refractivity contribution < 1.29 is 9.90 Å². The topological polar surface area (TPSA) is 62.2 Å². The van der Waals surface area contributed by atoms with Gasteiger partial charge in [-0.1, -0.05) is 37.3 Å². The Hall–Kier alpha value is -2.36. The molecule has 4 nitrogen and oxygen atoms in total. The van der Waals surface area contributed by atoms with Gasteiger partial charge in [0.15, 0.2) is 0 Å². The van der Waals surface area contributed by atoms with Crippen LogP contribution in [0.2, 0.25) is 0 Å². The Morgan fingerprint density at radius 3 is 2.75 bits per heavy atom. The zero-order chi connectivity index (χ0) is 14.4. The third-order valence-electron chi connectivity index (χ3n) is 3.25. The number of carboxylic acid groups (broad SMARTS) is 1. The standard InChI is InChI=1S/C16H18N2O2/c1-12(13-5-3-2-4-6-13)7-9-17-14-8-10-18-15(11-14)16(19)20/h2-6,8,10-12H,7,9H2,1H3,(H,17,18)(H,19,20). The highest BCUT2D eigenvalue weighted by atomic mass is 16.4. The Kier molecular flexibility index (Phi) is 4.71. The molecule has 0 aliphatic heterocycles. The number of aromatic carboxylic acids is 1. The van der Waals surface area contributed by atoms with Crippen LogP contribution in [0.3, 0.4) is 0 Å². The van der Waals surface area contributed by atoms with Crippen LogP contribution >= 0.6 is 0 Å². The van der Waals surface area contributed by atoms with E-state index in [2.05, 4.69) is 29.4 Å². The molecule has 0 amide bonds. The highest BCUT2D eigenvalue weighted by Gasteiger charge is 2.06. The number of nitrogens with one attached hydrogen (secondary N) is 1. The molecule has 0 aliphatic rings. The molecule has 4 heteroatoms. The lowest BCUT2D eigenvalue weighted by atomic mass is 9.98. The van der Waals surface area contributed by atoms with Crippen molar-refractivity contribution in [3.63, 3.8) is 0 Å². The fraction of sp³-hybridized carbons (Fsp3) is 0.250. The molecule has 1 atom stereocenters. The minimum Gasteiger partial charge on any atom is -0.477 e. The first kappa shape index (κ1) is 14.1. The van der Waals surface area contributed by atoms with Gasteiger partial charge < -0.3 is 10.4 Å². The molecule has 2 N–H and O–H groups in total. The van der Waals surface area contributed by atoms with Crippen molar-refractivity contribution in [2.24, 2.45) is 0 Å². The Bertz CT molecular complexity index is 570. The van der Waals surface area contributed by atoms with Gasteiger partial charge in [-0.15, -0.1) is 0 Å². The predicted molar refractivity (Wildman–Crippen MR) is 79.2 cm³/mol. The number of nitrogens with zero attached hydrogens (tertiary/aromatic N) is 1. The monoisotopic (exact) mass is 270 g/mol. The molecule has 2 rings (SSSR count). The number of benzene rings is 1. The van der Waals surface area contributed by atoms with Gasteiger partial charge in [-0.25, -0.2) is 9.78 Å². The molecule has 0 fully saturated rings. The summed E-state index contributed by atoms with van der Waals surface area (Å²) in [6, 6.07) is 13.7. The number of anilines is 1. The summed E-state index contributed by atoms with van der Waals surface area (Å²) in [5.41, 5.74) is 2.17. The second-order valence-corrected chi connectivity index (χ2v) is 4.76. The van der Waals surface area contributed by atoms with E-state index < -0.39 is 5.97 Å². The number of pyridine rings is 1. The summed E-state index contributed by atoms with van der Waals surface area (Å²) >= 11 is 0. The Balaban J connectivity index is 1.87. The van der Waals surface area contributed by atoms with E-state index in [1.165, 1.54) is 11.8 Å². The minimum atomic E-state index is -1.01. The Morgan fingerprint density at radius 2 is 2.05 bits per heavy atom. The van der Waals surface area contributed by atoms with Gasteiger partial charge in [0.1, 0.15) is 5.69 Å². The Labute approximate surface area is 118 Å². The lowest BCUT2D eigenvalue weighted by Crippen LogP contribution is -2.07. The SMILES string of the molecule is CC(CCNc1ccnc(C(=O)O)c1)c1ccccc1. The molecule has 104 valence electrons. The van der Waals surface area contributed by atoms with Crippen molar-refractivity contribution in [3.05, 3.63) is 59.9 Å². The van der Waals surface area contributed by atoms with Crippen LogP contribution in [-0.2, 0) is 0 Å². The van der Waals surface area contributed by atoms with Crippen LogP contribution in [-0.4, -0.2) is 22.6 Å². The maximum absolute atomic E-state index is 10.8. The van der Waals surface area contributed by atoms with Crippen LogP contribution in [0, 0.1) is 0 Å². The predicted octanol–water partition coefficient (Wildman–Crippen LogP) is 3.39.